The average molecular weight is 273 g/mol. The molecule has 6 nitrogen and oxygen atoms in total. The second kappa shape index (κ2) is 8.35. The minimum Gasteiger partial charge on any atom is -0.396 e. The third-order valence-electron chi connectivity index (χ3n) is 3.46. The number of nitrogens with one attached hydrogen (secondary N) is 1. The van der Waals surface area contributed by atoms with Crippen LogP contribution in [0.15, 0.2) is 0 Å². The van der Waals surface area contributed by atoms with Crippen LogP contribution in [0.4, 0.5) is 4.79 Å². The highest BCUT2D eigenvalue weighted by atomic mass is 16.5. The van der Waals surface area contributed by atoms with Crippen LogP contribution in [0.2, 0.25) is 0 Å². The van der Waals surface area contributed by atoms with Crippen molar-refractivity contribution >= 4 is 6.03 Å². The normalized spacial score (nSPS) is 18.4. The molecular weight excluding hydrogens is 246 g/mol. The van der Waals surface area contributed by atoms with Gasteiger partial charge in [0.1, 0.15) is 0 Å². The minimum atomic E-state index is 0.0854. The van der Waals surface area contributed by atoms with Crippen LogP contribution in [-0.2, 0) is 4.74 Å². The van der Waals surface area contributed by atoms with Crippen LogP contribution in [0.5, 0.6) is 0 Å². The number of aliphatic hydroxyl groups is 1. The first kappa shape index (κ1) is 16.2. The molecule has 112 valence electrons. The molecular formula is C13H27N3O3. The molecule has 2 amide bonds. The first-order valence-electron chi connectivity index (χ1n) is 6.90. The average Bonchev–Trinajstić information content (AvgIpc) is 2.39. The van der Waals surface area contributed by atoms with Gasteiger partial charge in [-0.25, -0.2) is 4.79 Å². The predicted molar refractivity (Wildman–Crippen MR) is 74.2 cm³/mol. The summed E-state index contributed by atoms with van der Waals surface area (Å²) < 4.78 is 5.14. The number of likely N-dealkylation sites (tertiary alicyclic amines) is 1. The molecule has 6 heteroatoms. The molecule has 1 fully saturated rings. The fourth-order valence-electron chi connectivity index (χ4n) is 2.43. The number of aliphatic hydroxyl groups excluding tert-OH is 1. The number of nitrogens with zero attached hydrogens (tertiary/aromatic N) is 2. The van der Waals surface area contributed by atoms with Crippen molar-refractivity contribution in [3.8, 4) is 0 Å². The van der Waals surface area contributed by atoms with Crippen molar-refractivity contribution in [3.63, 3.8) is 0 Å². The van der Waals surface area contributed by atoms with E-state index in [4.69, 9.17) is 9.84 Å². The van der Waals surface area contributed by atoms with Crippen molar-refractivity contribution in [2.75, 3.05) is 47.5 Å². The van der Waals surface area contributed by atoms with Gasteiger partial charge in [-0.1, -0.05) is 0 Å². The van der Waals surface area contributed by atoms with Gasteiger partial charge < -0.3 is 25.0 Å². The summed E-state index contributed by atoms with van der Waals surface area (Å²) in [5.41, 5.74) is 0. The second-order valence-corrected chi connectivity index (χ2v) is 5.27. The van der Waals surface area contributed by atoms with Crippen LogP contribution in [0.1, 0.15) is 19.3 Å². The second-order valence-electron chi connectivity index (χ2n) is 5.27. The van der Waals surface area contributed by atoms with Gasteiger partial charge in [0.25, 0.3) is 0 Å². The fourth-order valence-corrected chi connectivity index (χ4v) is 2.43. The fraction of sp³-hybridized carbons (Fsp3) is 0.923. The van der Waals surface area contributed by atoms with Crippen LogP contribution >= 0.6 is 0 Å². The Morgan fingerprint density at radius 3 is 2.58 bits per heavy atom. The zero-order valence-corrected chi connectivity index (χ0v) is 12.3. The molecule has 0 bridgehead atoms. The molecule has 1 aliphatic rings. The summed E-state index contributed by atoms with van der Waals surface area (Å²) in [4.78, 5) is 15.3. The Hall–Kier alpha value is -0.850. The Morgan fingerprint density at radius 1 is 1.47 bits per heavy atom. The predicted octanol–water partition coefficient (Wildman–Crippen LogP) is 0.119. The molecule has 2 N–H and O–H groups in total. The van der Waals surface area contributed by atoms with Gasteiger partial charge >= 0.3 is 6.03 Å². The van der Waals surface area contributed by atoms with Crippen molar-refractivity contribution in [2.24, 2.45) is 0 Å². The SMILES string of the molecule is COCC(CCO)NC1CCN(C(=O)N(C)C)CC1. The number of hydrogen-bond acceptors (Lipinski definition) is 4. The highest BCUT2D eigenvalue weighted by molar-refractivity contribution is 5.73. The molecule has 0 aromatic heterocycles. The molecule has 0 aromatic rings. The van der Waals surface area contributed by atoms with Crippen LogP contribution in [-0.4, -0.2) is 80.5 Å². The van der Waals surface area contributed by atoms with Gasteiger partial charge in [0.05, 0.1) is 6.61 Å². The Balaban J connectivity index is 2.34. The smallest absolute Gasteiger partial charge is 0.319 e. The standard InChI is InChI=1S/C13H27N3O3/c1-15(2)13(18)16-7-4-11(5-8-16)14-12(6-9-17)10-19-3/h11-12,14,17H,4-10H2,1-3H3. The van der Waals surface area contributed by atoms with Gasteiger partial charge in [-0.05, 0) is 19.3 Å². The number of rotatable bonds is 6. The van der Waals surface area contributed by atoms with Crippen LogP contribution in [0.25, 0.3) is 0 Å². The molecule has 1 heterocycles. The van der Waals surface area contributed by atoms with E-state index in [0.29, 0.717) is 19.1 Å². The summed E-state index contributed by atoms with van der Waals surface area (Å²) in [6, 6.07) is 0.677. The van der Waals surface area contributed by atoms with E-state index in [2.05, 4.69) is 5.32 Å². The van der Waals surface area contributed by atoms with Crippen molar-refractivity contribution in [3.05, 3.63) is 0 Å². The molecule has 1 atom stereocenters. The molecule has 0 saturated carbocycles. The number of carbonyl (C=O) groups excluding carboxylic acids is 1. The number of ether oxygens (including phenoxy) is 1. The van der Waals surface area contributed by atoms with Crippen LogP contribution in [0, 0.1) is 0 Å². The third-order valence-corrected chi connectivity index (χ3v) is 3.46. The Labute approximate surface area is 115 Å². The number of urea groups is 1. The monoisotopic (exact) mass is 273 g/mol. The molecule has 0 radical (unpaired) electrons. The van der Waals surface area contributed by atoms with Crippen LogP contribution < -0.4 is 5.32 Å². The number of piperidine rings is 1. The zero-order valence-electron chi connectivity index (χ0n) is 12.3. The number of carbonyl (C=O) groups is 1. The lowest BCUT2D eigenvalue weighted by Gasteiger charge is -2.35. The highest BCUT2D eigenvalue weighted by Gasteiger charge is 2.25. The molecule has 1 saturated heterocycles. The highest BCUT2D eigenvalue weighted by Crippen LogP contribution is 2.13. The van der Waals surface area contributed by atoms with E-state index in [0.717, 1.165) is 25.9 Å². The van der Waals surface area contributed by atoms with Gasteiger partial charge in [0, 0.05) is 53.0 Å². The Bertz CT molecular complexity index is 260. The van der Waals surface area contributed by atoms with E-state index >= 15 is 0 Å². The first-order valence-corrected chi connectivity index (χ1v) is 6.90. The number of methoxy groups -OCH3 is 1. The maximum absolute atomic E-state index is 11.8. The summed E-state index contributed by atoms with van der Waals surface area (Å²) >= 11 is 0. The lowest BCUT2D eigenvalue weighted by molar-refractivity contribution is 0.124. The van der Waals surface area contributed by atoms with Crippen molar-refractivity contribution in [1.29, 1.82) is 0 Å². The van der Waals surface area contributed by atoms with Gasteiger partial charge in [0.15, 0.2) is 0 Å². The zero-order chi connectivity index (χ0) is 14.3. The molecule has 0 aliphatic carbocycles. The van der Waals surface area contributed by atoms with E-state index in [-0.39, 0.29) is 18.7 Å². The summed E-state index contributed by atoms with van der Waals surface area (Å²) in [5, 5.41) is 12.5. The Morgan fingerprint density at radius 2 is 2.11 bits per heavy atom. The first-order chi connectivity index (χ1) is 9.08. The lowest BCUT2D eigenvalue weighted by Crippen LogP contribution is -2.50. The number of hydrogen-bond donors (Lipinski definition) is 2. The molecule has 0 spiro atoms. The van der Waals surface area contributed by atoms with Crippen LogP contribution in [0.3, 0.4) is 0 Å². The minimum absolute atomic E-state index is 0.0854. The van der Waals surface area contributed by atoms with E-state index in [1.807, 2.05) is 4.90 Å². The van der Waals surface area contributed by atoms with Gasteiger partial charge in [-0.15, -0.1) is 0 Å². The third kappa shape index (κ3) is 5.34. The maximum Gasteiger partial charge on any atom is 0.319 e. The molecule has 1 aliphatic heterocycles. The summed E-state index contributed by atoms with van der Waals surface area (Å²) in [6.07, 6.45) is 2.60. The number of amides is 2. The maximum atomic E-state index is 11.8. The van der Waals surface area contributed by atoms with E-state index in [1.54, 1.807) is 26.1 Å². The topological polar surface area (TPSA) is 65.0 Å². The van der Waals surface area contributed by atoms with Gasteiger partial charge in [-0.2, -0.15) is 0 Å². The summed E-state index contributed by atoms with van der Waals surface area (Å²) in [7, 11) is 5.23. The molecule has 19 heavy (non-hydrogen) atoms. The molecule has 0 aromatic carbocycles. The van der Waals surface area contributed by atoms with Gasteiger partial charge in [-0.3, -0.25) is 0 Å². The van der Waals surface area contributed by atoms with Crippen molar-refractivity contribution < 1.29 is 14.6 Å². The van der Waals surface area contributed by atoms with Crippen molar-refractivity contribution in [1.82, 2.24) is 15.1 Å². The van der Waals surface area contributed by atoms with Crippen molar-refractivity contribution in [2.45, 2.75) is 31.3 Å². The summed E-state index contributed by atoms with van der Waals surface area (Å²) in [6.45, 7) is 2.34. The van der Waals surface area contributed by atoms with Gasteiger partial charge in [0.2, 0.25) is 0 Å². The summed E-state index contributed by atoms with van der Waals surface area (Å²) in [5.74, 6) is 0. The molecule has 1 rings (SSSR count). The lowest BCUT2D eigenvalue weighted by atomic mass is 10.0. The molecule has 1 unspecified atom stereocenters. The van der Waals surface area contributed by atoms with E-state index in [9.17, 15) is 4.79 Å². The van der Waals surface area contributed by atoms with E-state index < -0.39 is 0 Å². The Kier molecular flexibility index (Phi) is 7.12. The quantitative estimate of drug-likeness (QED) is 0.721. The van der Waals surface area contributed by atoms with E-state index in [1.165, 1.54) is 0 Å². The largest absolute Gasteiger partial charge is 0.396 e.